The minimum absolute atomic E-state index is 0.678. The predicted molar refractivity (Wildman–Crippen MR) is 65.9 cm³/mol. The first-order valence-electron chi connectivity index (χ1n) is 5.58. The zero-order valence-corrected chi connectivity index (χ0v) is 10.2. The Morgan fingerprint density at radius 3 is 2.81 bits per heavy atom. The highest BCUT2D eigenvalue weighted by Gasteiger charge is 2.00. The van der Waals surface area contributed by atoms with Crippen LogP contribution in [0.2, 0.25) is 0 Å². The fraction of sp³-hybridized carbons (Fsp3) is 0.636. The third-order valence-corrected chi connectivity index (χ3v) is 2.02. The summed E-state index contributed by atoms with van der Waals surface area (Å²) in [4.78, 5) is 8.63. The van der Waals surface area contributed by atoms with Gasteiger partial charge in [0.25, 0.3) is 0 Å². The fourth-order valence-electron chi connectivity index (χ4n) is 1.33. The van der Waals surface area contributed by atoms with Crippen LogP contribution >= 0.6 is 0 Å². The number of nitrogens with zero attached hydrogens (tertiary/aromatic N) is 2. The Bertz CT molecular complexity index is 317. The third-order valence-electron chi connectivity index (χ3n) is 2.02. The molecular formula is C11H20N4O. The van der Waals surface area contributed by atoms with Crippen LogP contribution in [0.25, 0.3) is 0 Å². The van der Waals surface area contributed by atoms with Gasteiger partial charge < -0.3 is 15.4 Å². The van der Waals surface area contributed by atoms with Crippen LogP contribution in [0.4, 0.5) is 11.8 Å². The van der Waals surface area contributed by atoms with E-state index in [9.17, 15) is 0 Å². The number of hydrogen-bond acceptors (Lipinski definition) is 5. The molecule has 0 fully saturated rings. The number of ether oxygens (including phenoxy) is 1. The van der Waals surface area contributed by atoms with Crippen molar-refractivity contribution in [2.45, 2.75) is 20.3 Å². The summed E-state index contributed by atoms with van der Waals surface area (Å²) < 4.78 is 4.98. The van der Waals surface area contributed by atoms with Crippen LogP contribution in [-0.2, 0) is 4.74 Å². The number of aromatic nitrogens is 2. The number of nitrogens with one attached hydrogen (secondary N) is 2. The Labute approximate surface area is 96.6 Å². The van der Waals surface area contributed by atoms with Gasteiger partial charge in [-0.25, -0.2) is 4.98 Å². The van der Waals surface area contributed by atoms with Crippen LogP contribution in [0.15, 0.2) is 6.07 Å². The lowest BCUT2D eigenvalue weighted by molar-refractivity contribution is 0.198. The molecule has 0 aliphatic rings. The van der Waals surface area contributed by atoms with Crippen molar-refractivity contribution in [3.05, 3.63) is 11.8 Å². The number of hydrogen-bond donors (Lipinski definition) is 2. The van der Waals surface area contributed by atoms with E-state index in [1.807, 2.05) is 19.9 Å². The van der Waals surface area contributed by atoms with E-state index in [1.165, 1.54) is 0 Å². The highest BCUT2D eigenvalue weighted by atomic mass is 16.5. The maximum absolute atomic E-state index is 4.98. The van der Waals surface area contributed by atoms with Gasteiger partial charge in [0.15, 0.2) is 0 Å². The Morgan fingerprint density at radius 2 is 2.12 bits per heavy atom. The second kappa shape index (κ2) is 7.00. The van der Waals surface area contributed by atoms with Gasteiger partial charge in [0.05, 0.1) is 0 Å². The molecule has 1 aromatic heterocycles. The summed E-state index contributed by atoms with van der Waals surface area (Å²) in [6, 6.07) is 1.94. The summed E-state index contributed by atoms with van der Waals surface area (Å²) >= 11 is 0. The molecule has 0 radical (unpaired) electrons. The maximum Gasteiger partial charge on any atom is 0.224 e. The Balaban J connectivity index is 2.51. The second-order valence-corrected chi connectivity index (χ2v) is 3.52. The van der Waals surface area contributed by atoms with Crippen molar-refractivity contribution in [3.8, 4) is 0 Å². The molecule has 0 bridgehead atoms. The standard InChI is InChI=1S/C11H20N4O/c1-4-12-11-14-9(2)8-10(15-11)13-6-5-7-16-3/h8H,4-7H2,1-3H3,(H2,12,13,14,15). The van der Waals surface area contributed by atoms with E-state index in [0.29, 0.717) is 5.95 Å². The van der Waals surface area contributed by atoms with Gasteiger partial charge in [-0.3, -0.25) is 0 Å². The third kappa shape index (κ3) is 4.44. The van der Waals surface area contributed by atoms with E-state index in [1.54, 1.807) is 7.11 Å². The van der Waals surface area contributed by atoms with Crippen LogP contribution in [0, 0.1) is 6.92 Å². The number of aryl methyl sites for hydroxylation is 1. The minimum atomic E-state index is 0.678. The van der Waals surface area contributed by atoms with E-state index >= 15 is 0 Å². The average Bonchev–Trinajstić information content (AvgIpc) is 2.24. The fourth-order valence-corrected chi connectivity index (χ4v) is 1.33. The van der Waals surface area contributed by atoms with Crippen LogP contribution in [0.3, 0.4) is 0 Å². The summed E-state index contributed by atoms with van der Waals surface area (Å²) in [7, 11) is 1.71. The molecule has 90 valence electrons. The molecular weight excluding hydrogens is 204 g/mol. The van der Waals surface area contributed by atoms with Crippen molar-refractivity contribution in [3.63, 3.8) is 0 Å². The molecule has 0 saturated heterocycles. The molecule has 0 aliphatic heterocycles. The zero-order valence-electron chi connectivity index (χ0n) is 10.2. The van der Waals surface area contributed by atoms with Crippen molar-refractivity contribution in [2.24, 2.45) is 0 Å². The van der Waals surface area contributed by atoms with E-state index < -0.39 is 0 Å². The molecule has 0 amide bonds. The van der Waals surface area contributed by atoms with Crippen molar-refractivity contribution in [1.29, 1.82) is 0 Å². The molecule has 5 nitrogen and oxygen atoms in total. The molecule has 1 heterocycles. The number of methoxy groups -OCH3 is 1. The highest BCUT2D eigenvalue weighted by Crippen LogP contribution is 2.09. The molecule has 1 rings (SSSR count). The normalized spacial score (nSPS) is 10.2. The maximum atomic E-state index is 4.98. The van der Waals surface area contributed by atoms with Crippen LogP contribution < -0.4 is 10.6 Å². The minimum Gasteiger partial charge on any atom is -0.385 e. The topological polar surface area (TPSA) is 59.1 Å². The number of rotatable bonds is 7. The lowest BCUT2D eigenvalue weighted by atomic mass is 10.4. The molecule has 0 aliphatic carbocycles. The molecule has 0 atom stereocenters. The predicted octanol–water partition coefficient (Wildman–Crippen LogP) is 1.67. The van der Waals surface area contributed by atoms with Gasteiger partial charge in [-0.1, -0.05) is 0 Å². The number of anilines is 2. The van der Waals surface area contributed by atoms with E-state index in [0.717, 1.165) is 37.6 Å². The average molecular weight is 224 g/mol. The molecule has 1 aromatic rings. The molecule has 2 N–H and O–H groups in total. The van der Waals surface area contributed by atoms with Gasteiger partial charge >= 0.3 is 0 Å². The van der Waals surface area contributed by atoms with E-state index in [-0.39, 0.29) is 0 Å². The lowest BCUT2D eigenvalue weighted by Gasteiger charge is -2.08. The Hall–Kier alpha value is -1.36. The van der Waals surface area contributed by atoms with Gasteiger partial charge in [0.2, 0.25) is 5.95 Å². The highest BCUT2D eigenvalue weighted by molar-refractivity contribution is 5.41. The van der Waals surface area contributed by atoms with Crippen LogP contribution in [-0.4, -0.2) is 36.8 Å². The van der Waals surface area contributed by atoms with Crippen molar-refractivity contribution in [2.75, 3.05) is 37.4 Å². The van der Waals surface area contributed by atoms with Gasteiger partial charge in [-0.15, -0.1) is 0 Å². The zero-order chi connectivity index (χ0) is 11.8. The summed E-state index contributed by atoms with van der Waals surface area (Å²) in [6.45, 7) is 6.43. The van der Waals surface area contributed by atoms with E-state index in [2.05, 4.69) is 20.6 Å². The first kappa shape index (κ1) is 12.7. The quantitative estimate of drug-likeness (QED) is 0.690. The SMILES string of the molecule is CCNc1nc(C)cc(NCCCOC)n1. The molecule has 16 heavy (non-hydrogen) atoms. The van der Waals surface area contributed by atoms with Crippen molar-refractivity contribution in [1.82, 2.24) is 9.97 Å². The summed E-state index contributed by atoms with van der Waals surface area (Å²) in [5, 5.41) is 6.35. The largest absolute Gasteiger partial charge is 0.385 e. The Kier molecular flexibility index (Phi) is 5.56. The monoisotopic (exact) mass is 224 g/mol. The van der Waals surface area contributed by atoms with Gasteiger partial charge in [0.1, 0.15) is 5.82 Å². The summed E-state index contributed by atoms with van der Waals surface area (Å²) in [5.74, 6) is 1.54. The summed E-state index contributed by atoms with van der Waals surface area (Å²) in [5.41, 5.74) is 0.959. The molecule has 0 aromatic carbocycles. The molecule has 0 saturated carbocycles. The second-order valence-electron chi connectivity index (χ2n) is 3.52. The smallest absolute Gasteiger partial charge is 0.224 e. The van der Waals surface area contributed by atoms with E-state index in [4.69, 9.17) is 4.74 Å². The van der Waals surface area contributed by atoms with Crippen LogP contribution in [0.1, 0.15) is 19.0 Å². The summed E-state index contributed by atoms with van der Waals surface area (Å²) in [6.07, 6.45) is 0.968. The van der Waals surface area contributed by atoms with Crippen molar-refractivity contribution >= 4 is 11.8 Å². The lowest BCUT2D eigenvalue weighted by Crippen LogP contribution is -2.09. The first-order chi connectivity index (χ1) is 7.76. The Morgan fingerprint density at radius 1 is 1.31 bits per heavy atom. The van der Waals surface area contributed by atoms with Crippen molar-refractivity contribution < 1.29 is 4.74 Å². The first-order valence-corrected chi connectivity index (χ1v) is 5.58. The van der Waals surface area contributed by atoms with Gasteiger partial charge in [-0.2, -0.15) is 4.98 Å². The molecule has 0 spiro atoms. The van der Waals surface area contributed by atoms with Gasteiger partial charge in [0, 0.05) is 38.6 Å². The van der Waals surface area contributed by atoms with Gasteiger partial charge in [-0.05, 0) is 20.3 Å². The van der Waals surface area contributed by atoms with Crippen LogP contribution in [0.5, 0.6) is 0 Å². The molecule has 5 heteroatoms. The molecule has 0 unspecified atom stereocenters.